The molecule has 0 spiro atoms. The molecule has 8 nitrogen and oxygen atoms in total. The van der Waals surface area contributed by atoms with Gasteiger partial charge >= 0.3 is 0 Å². The highest BCUT2D eigenvalue weighted by Gasteiger charge is 2.33. The van der Waals surface area contributed by atoms with E-state index in [1.807, 2.05) is 66.7 Å². The summed E-state index contributed by atoms with van der Waals surface area (Å²) in [5.41, 5.74) is 2.81. The van der Waals surface area contributed by atoms with Gasteiger partial charge in [-0.15, -0.1) is 0 Å². The molecule has 1 N–H and O–H groups in total. The van der Waals surface area contributed by atoms with Crippen molar-refractivity contribution in [1.29, 1.82) is 0 Å². The first-order chi connectivity index (χ1) is 18.9. The second-order valence-corrected chi connectivity index (χ2v) is 10.8. The van der Waals surface area contributed by atoms with Crippen molar-refractivity contribution in [2.75, 3.05) is 19.2 Å². The lowest BCUT2D eigenvalue weighted by molar-refractivity contribution is -0.113. The van der Waals surface area contributed by atoms with E-state index in [0.717, 1.165) is 15.6 Å². The molecule has 39 heavy (non-hydrogen) atoms. The van der Waals surface area contributed by atoms with Crippen LogP contribution in [0.4, 0.5) is 5.69 Å². The minimum Gasteiger partial charge on any atom is -0.497 e. The molecule has 0 fully saturated rings. The number of aromatic nitrogens is 1. The summed E-state index contributed by atoms with van der Waals surface area (Å²) in [6.07, 6.45) is 1.79. The Labute approximate surface area is 235 Å². The Balaban J connectivity index is 1.52. The number of carbonyl (C=O) groups excluding carboxylic acids is 1. The third-order valence-corrected chi connectivity index (χ3v) is 8.16. The van der Waals surface area contributed by atoms with Crippen molar-refractivity contribution in [3.05, 3.63) is 113 Å². The molecule has 10 heteroatoms. The highest BCUT2D eigenvalue weighted by molar-refractivity contribution is 9.10. The maximum atomic E-state index is 14.0. The zero-order valence-electron chi connectivity index (χ0n) is 20.9. The van der Waals surface area contributed by atoms with Crippen molar-refractivity contribution < 1.29 is 19.0 Å². The highest BCUT2D eigenvalue weighted by atomic mass is 79.9. The molecule has 1 atom stereocenters. The molecule has 2 aliphatic heterocycles. The number of carbonyl (C=O) groups is 1. The monoisotopic (exact) mass is 603 g/mol. The van der Waals surface area contributed by atoms with Gasteiger partial charge in [-0.1, -0.05) is 57.6 Å². The average Bonchev–Trinajstić information content (AvgIpc) is 3.51. The van der Waals surface area contributed by atoms with Gasteiger partial charge in [0.25, 0.3) is 11.5 Å². The number of fused-ring (bicyclic) bond motifs is 2. The van der Waals surface area contributed by atoms with E-state index in [4.69, 9.17) is 19.2 Å². The first-order valence-corrected chi connectivity index (χ1v) is 13.7. The Bertz CT molecular complexity index is 1830. The van der Waals surface area contributed by atoms with Gasteiger partial charge in [-0.3, -0.25) is 14.2 Å². The van der Waals surface area contributed by atoms with Gasteiger partial charge in [0.2, 0.25) is 6.79 Å². The van der Waals surface area contributed by atoms with Crippen LogP contribution in [0.5, 0.6) is 17.2 Å². The second kappa shape index (κ2) is 10.2. The minimum atomic E-state index is -0.706. The molecule has 6 rings (SSSR count). The van der Waals surface area contributed by atoms with Crippen LogP contribution in [-0.2, 0) is 4.79 Å². The lowest BCUT2D eigenvalue weighted by Gasteiger charge is -2.25. The number of nitrogens with zero attached hydrogens (tertiary/aromatic N) is 2. The molecule has 0 saturated carbocycles. The van der Waals surface area contributed by atoms with Gasteiger partial charge in [-0.2, -0.15) is 0 Å². The van der Waals surface area contributed by atoms with Crippen LogP contribution in [0, 0.1) is 0 Å². The van der Waals surface area contributed by atoms with Crippen molar-refractivity contribution in [2.24, 2.45) is 4.99 Å². The molecule has 0 radical (unpaired) electrons. The van der Waals surface area contributed by atoms with E-state index in [1.54, 1.807) is 24.7 Å². The zero-order valence-corrected chi connectivity index (χ0v) is 23.3. The van der Waals surface area contributed by atoms with Crippen molar-refractivity contribution >= 4 is 44.9 Å². The SMILES string of the molecule is COc1cccc([C@@H]2C(C(=O)Nc3ccccc3)=C(C)N=c3s/c(=C\c4cc5c(cc4Br)OCO5)c(=O)n32)c1. The molecule has 4 aromatic rings. The Hall–Kier alpha value is -4.15. The van der Waals surface area contributed by atoms with Gasteiger partial charge in [0.15, 0.2) is 16.3 Å². The van der Waals surface area contributed by atoms with E-state index >= 15 is 0 Å². The fourth-order valence-corrected chi connectivity index (χ4v) is 6.12. The number of rotatable bonds is 5. The highest BCUT2D eigenvalue weighted by Crippen LogP contribution is 2.37. The number of benzene rings is 3. The molecule has 0 aliphatic carbocycles. The molecule has 2 aliphatic rings. The summed E-state index contributed by atoms with van der Waals surface area (Å²) in [6, 6.07) is 19.5. The number of nitrogens with one attached hydrogen (secondary N) is 1. The number of para-hydroxylation sites is 1. The van der Waals surface area contributed by atoms with E-state index in [0.29, 0.717) is 43.5 Å². The number of ether oxygens (including phenoxy) is 3. The molecule has 196 valence electrons. The maximum absolute atomic E-state index is 14.0. The summed E-state index contributed by atoms with van der Waals surface area (Å²) in [4.78, 5) is 32.8. The van der Waals surface area contributed by atoms with Crippen LogP contribution in [0.15, 0.2) is 92.3 Å². The fraction of sp³-hybridized carbons (Fsp3) is 0.138. The van der Waals surface area contributed by atoms with Gasteiger partial charge in [-0.25, -0.2) is 4.99 Å². The van der Waals surface area contributed by atoms with Crippen LogP contribution in [0.1, 0.15) is 24.1 Å². The van der Waals surface area contributed by atoms with E-state index < -0.39 is 6.04 Å². The Kier molecular flexibility index (Phi) is 6.58. The standard InChI is InChI=1S/C29H22BrN3O5S/c1-16-25(27(34)32-19-8-4-3-5-9-19)26(17-7-6-10-20(11-17)36-2)33-28(35)24(39-29(33)31-16)13-18-12-22-23(14-21(18)30)38-15-37-22/h3-14,26H,15H2,1-2H3,(H,32,34)/b24-13-/t26-/m1/s1. The molecule has 3 aromatic carbocycles. The Morgan fingerprint density at radius 2 is 1.90 bits per heavy atom. The van der Waals surface area contributed by atoms with E-state index in [1.165, 1.54) is 11.3 Å². The lowest BCUT2D eigenvalue weighted by atomic mass is 9.95. The molecule has 0 bridgehead atoms. The van der Waals surface area contributed by atoms with E-state index in [2.05, 4.69) is 21.2 Å². The van der Waals surface area contributed by atoms with E-state index in [-0.39, 0.29) is 18.3 Å². The van der Waals surface area contributed by atoms with Crippen LogP contribution in [0.3, 0.4) is 0 Å². The third kappa shape index (κ3) is 4.66. The summed E-state index contributed by atoms with van der Waals surface area (Å²) in [5.74, 6) is 1.55. The molecule has 1 aromatic heterocycles. The summed E-state index contributed by atoms with van der Waals surface area (Å²) in [7, 11) is 1.58. The largest absolute Gasteiger partial charge is 0.497 e. The predicted molar refractivity (Wildman–Crippen MR) is 152 cm³/mol. The smallest absolute Gasteiger partial charge is 0.271 e. The number of amides is 1. The quantitative estimate of drug-likeness (QED) is 0.366. The van der Waals surface area contributed by atoms with Crippen LogP contribution < -0.4 is 34.4 Å². The van der Waals surface area contributed by atoms with Gasteiger partial charge < -0.3 is 19.5 Å². The topological polar surface area (TPSA) is 91.2 Å². The summed E-state index contributed by atoms with van der Waals surface area (Å²) < 4.78 is 19.2. The summed E-state index contributed by atoms with van der Waals surface area (Å²) >= 11 is 4.84. The number of hydrogen-bond donors (Lipinski definition) is 1. The number of methoxy groups -OCH3 is 1. The minimum absolute atomic E-state index is 0.154. The van der Waals surface area contributed by atoms with Crippen molar-refractivity contribution in [3.8, 4) is 17.2 Å². The summed E-state index contributed by atoms with van der Waals surface area (Å²) in [6.45, 7) is 1.94. The number of halogens is 1. The van der Waals surface area contributed by atoms with Crippen LogP contribution >= 0.6 is 27.3 Å². The molecular formula is C29H22BrN3O5S. The van der Waals surface area contributed by atoms with Crippen LogP contribution in [-0.4, -0.2) is 24.4 Å². The predicted octanol–water partition coefficient (Wildman–Crippen LogP) is 4.37. The van der Waals surface area contributed by atoms with Gasteiger partial charge in [0, 0.05) is 10.2 Å². The molecule has 1 amide bonds. The number of anilines is 1. The van der Waals surface area contributed by atoms with Crippen LogP contribution in [0.2, 0.25) is 0 Å². The Morgan fingerprint density at radius 3 is 2.67 bits per heavy atom. The molecule has 0 unspecified atom stereocenters. The normalized spacial score (nSPS) is 16.1. The fourth-order valence-electron chi connectivity index (χ4n) is 4.64. The van der Waals surface area contributed by atoms with Crippen molar-refractivity contribution in [2.45, 2.75) is 13.0 Å². The first kappa shape index (κ1) is 25.1. The molecular weight excluding hydrogens is 582 g/mol. The summed E-state index contributed by atoms with van der Waals surface area (Å²) in [5, 5.41) is 2.96. The maximum Gasteiger partial charge on any atom is 0.271 e. The van der Waals surface area contributed by atoms with Gasteiger partial charge in [0.1, 0.15) is 5.75 Å². The first-order valence-electron chi connectivity index (χ1n) is 12.0. The average molecular weight is 604 g/mol. The van der Waals surface area contributed by atoms with E-state index in [9.17, 15) is 9.59 Å². The van der Waals surface area contributed by atoms with Crippen molar-refractivity contribution in [1.82, 2.24) is 4.57 Å². The number of allylic oxidation sites excluding steroid dienone is 1. The number of thiazole rings is 1. The number of hydrogen-bond acceptors (Lipinski definition) is 7. The van der Waals surface area contributed by atoms with Gasteiger partial charge in [-0.05, 0) is 60.5 Å². The van der Waals surface area contributed by atoms with Crippen molar-refractivity contribution in [3.63, 3.8) is 0 Å². The second-order valence-electron chi connectivity index (χ2n) is 8.91. The third-order valence-electron chi connectivity index (χ3n) is 6.49. The lowest BCUT2D eigenvalue weighted by Crippen LogP contribution is -2.40. The van der Waals surface area contributed by atoms with Crippen LogP contribution in [0.25, 0.3) is 6.08 Å². The Morgan fingerprint density at radius 1 is 1.13 bits per heavy atom. The zero-order chi connectivity index (χ0) is 27.1. The molecule has 3 heterocycles. The molecule has 0 saturated heterocycles. The van der Waals surface area contributed by atoms with Gasteiger partial charge in [0.05, 0.1) is 29.0 Å².